The Morgan fingerprint density at radius 1 is 1.17 bits per heavy atom. The van der Waals surface area contributed by atoms with E-state index in [1.54, 1.807) is 19.3 Å². The number of fused-ring (bicyclic) bond motifs is 1. The summed E-state index contributed by atoms with van der Waals surface area (Å²) in [5, 5.41) is 10.6. The lowest BCUT2D eigenvalue weighted by atomic mass is 9.99. The van der Waals surface area contributed by atoms with Crippen LogP contribution in [0, 0.1) is 6.92 Å². The number of likely N-dealkylation sites (N-methyl/N-ethyl adjacent to an activating group) is 1. The minimum atomic E-state index is -0.145. The number of ether oxygens (including phenoxy) is 2. The van der Waals surface area contributed by atoms with Crippen LogP contribution in [0.3, 0.4) is 0 Å². The molecule has 2 aliphatic rings. The van der Waals surface area contributed by atoms with E-state index in [0.717, 1.165) is 43.1 Å². The number of phenols is 1. The minimum Gasteiger partial charge on any atom is -0.507 e. The number of Topliss-reactive ketones (excluding diaryl/α,β-unsaturated/α-hetero) is 1. The molecule has 2 aromatic carbocycles. The van der Waals surface area contributed by atoms with Gasteiger partial charge < -0.3 is 19.5 Å². The molecule has 152 valence electrons. The molecule has 6 nitrogen and oxygen atoms in total. The number of aromatic hydroxyl groups is 1. The molecule has 2 heterocycles. The van der Waals surface area contributed by atoms with Gasteiger partial charge in [-0.3, -0.25) is 9.69 Å². The van der Waals surface area contributed by atoms with Crippen molar-refractivity contribution in [1.29, 1.82) is 0 Å². The summed E-state index contributed by atoms with van der Waals surface area (Å²) in [6, 6.07) is 9.10. The first kappa shape index (κ1) is 19.5. The highest BCUT2D eigenvalue weighted by Gasteiger charge is 2.33. The van der Waals surface area contributed by atoms with Gasteiger partial charge in [-0.2, -0.15) is 0 Å². The highest BCUT2D eigenvalue weighted by atomic mass is 16.5. The van der Waals surface area contributed by atoms with Gasteiger partial charge >= 0.3 is 0 Å². The molecule has 4 rings (SSSR count). The normalized spacial score (nSPS) is 18.7. The van der Waals surface area contributed by atoms with E-state index in [1.165, 1.54) is 0 Å². The van der Waals surface area contributed by atoms with Gasteiger partial charge in [-0.25, -0.2) is 0 Å². The van der Waals surface area contributed by atoms with Crippen molar-refractivity contribution in [2.24, 2.45) is 0 Å². The monoisotopic (exact) mass is 394 g/mol. The number of aryl methyl sites for hydroxylation is 1. The Hall–Kier alpha value is -2.83. The Bertz CT molecular complexity index is 958. The largest absolute Gasteiger partial charge is 0.507 e. The van der Waals surface area contributed by atoms with E-state index in [4.69, 9.17) is 9.47 Å². The predicted molar refractivity (Wildman–Crippen MR) is 112 cm³/mol. The van der Waals surface area contributed by atoms with E-state index in [-0.39, 0.29) is 17.3 Å². The number of piperazine rings is 1. The molecule has 29 heavy (non-hydrogen) atoms. The highest BCUT2D eigenvalue weighted by Crippen LogP contribution is 2.42. The van der Waals surface area contributed by atoms with Gasteiger partial charge in [0.15, 0.2) is 5.76 Å². The van der Waals surface area contributed by atoms with E-state index in [9.17, 15) is 9.90 Å². The summed E-state index contributed by atoms with van der Waals surface area (Å²) in [5.41, 5.74) is 2.81. The second kappa shape index (κ2) is 7.89. The number of ketones is 1. The van der Waals surface area contributed by atoms with Gasteiger partial charge in [-0.15, -0.1) is 0 Å². The molecule has 1 saturated heterocycles. The molecule has 0 aliphatic carbocycles. The molecule has 2 aromatic rings. The van der Waals surface area contributed by atoms with Crippen LogP contribution in [-0.2, 0) is 6.54 Å². The average molecular weight is 394 g/mol. The first-order valence-corrected chi connectivity index (χ1v) is 9.81. The summed E-state index contributed by atoms with van der Waals surface area (Å²) in [6.07, 6.45) is 1.73. The molecule has 0 saturated carbocycles. The molecule has 2 aliphatic heterocycles. The second-order valence-electron chi connectivity index (χ2n) is 7.69. The zero-order chi connectivity index (χ0) is 20.5. The molecular formula is C23H26N2O4. The van der Waals surface area contributed by atoms with Crippen LogP contribution in [0.1, 0.15) is 27.0 Å². The number of benzene rings is 2. The number of rotatable bonds is 4. The van der Waals surface area contributed by atoms with Gasteiger partial charge in [0, 0.05) is 32.7 Å². The van der Waals surface area contributed by atoms with Crippen molar-refractivity contribution in [3.8, 4) is 17.2 Å². The van der Waals surface area contributed by atoms with Crippen molar-refractivity contribution in [1.82, 2.24) is 9.80 Å². The van der Waals surface area contributed by atoms with Crippen molar-refractivity contribution in [3.05, 3.63) is 58.3 Å². The van der Waals surface area contributed by atoms with Crippen molar-refractivity contribution >= 4 is 11.9 Å². The maximum atomic E-state index is 13.0. The van der Waals surface area contributed by atoms with Gasteiger partial charge in [-0.05, 0) is 49.4 Å². The number of hydrogen-bond acceptors (Lipinski definition) is 6. The predicted octanol–water partition coefficient (Wildman–Crippen LogP) is 3.07. The van der Waals surface area contributed by atoms with E-state index in [0.29, 0.717) is 23.4 Å². The van der Waals surface area contributed by atoms with Gasteiger partial charge in [-0.1, -0.05) is 12.1 Å². The van der Waals surface area contributed by atoms with E-state index in [2.05, 4.69) is 16.8 Å². The molecule has 0 unspecified atom stereocenters. The van der Waals surface area contributed by atoms with E-state index in [1.807, 2.05) is 31.2 Å². The highest BCUT2D eigenvalue weighted by molar-refractivity contribution is 6.15. The van der Waals surface area contributed by atoms with Crippen molar-refractivity contribution < 1.29 is 19.4 Å². The zero-order valence-corrected chi connectivity index (χ0v) is 17.1. The van der Waals surface area contributed by atoms with Crippen LogP contribution in [-0.4, -0.2) is 61.0 Å². The Morgan fingerprint density at radius 2 is 1.86 bits per heavy atom. The Kier molecular flexibility index (Phi) is 5.30. The molecule has 0 bridgehead atoms. The third kappa shape index (κ3) is 3.86. The fraction of sp³-hybridized carbons (Fsp3) is 0.348. The molecular weight excluding hydrogens is 368 g/mol. The van der Waals surface area contributed by atoms with Crippen molar-refractivity contribution in [2.45, 2.75) is 13.5 Å². The lowest BCUT2D eigenvalue weighted by Gasteiger charge is -2.32. The van der Waals surface area contributed by atoms with Crippen molar-refractivity contribution in [3.63, 3.8) is 0 Å². The quantitative estimate of drug-likeness (QED) is 0.805. The SMILES string of the molecule is COc1ccc(/C=C2\Oc3c(CN4CCN(C)CC4)c(O)cc(C)c3C2=O)cc1. The molecule has 0 radical (unpaired) electrons. The smallest absolute Gasteiger partial charge is 0.232 e. The van der Waals surface area contributed by atoms with Crippen LogP contribution in [0.15, 0.2) is 36.1 Å². The Morgan fingerprint density at radius 3 is 2.52 bits per heavy atom. The lowest BCUT2D eigenvalue weighted by molar-refractivity contribution is 0.101. The van der Waals surface area contributed by atoms with E-state index < -0.39 is 0 Å². The summed E-state index contributed by atoms with van der Waals surface area (Å²) in [7, 11) is 3.72. The molecule has 0 aromatic heterocycles. The van der Waals surface area contributed by atoms with Crippen LogP contribution >= 0.6 is 0 Å². The summed E-state index contributed by atoms with van der Waals surface area (Å²) in [5.74, 6) is 1.56. The maximum absolute atomic E-state index is 13.0. The summed E-state index contributed by atoms with van der Waals surface area (Å²) in [6.45, 7) is 6.19. The van der Waals surface area contributed by atoms with Gasteiger partial charge in [0.05, 0.1) is 18.2 Å². The maximum Gasteiger partial charge on any atom is 0.232 e. The Labute approximate surface area is 171 Å². The molecule has 0 amide bonds. The number of hydrogen-bond donors (Lipinski definition) is 1. The molecule has 6 heteroatoms. The van der Waals surface area contributed by atoms with Gasteiger partial charge in [0.25, 0.3) is 0 Å². The van der Waals surface area contributed by atoms with E-state index >= 15 is 0 Å². The third-order valence-electron chi connectivity index (χ3n) is 5.61. The van der Waals surface area contributed by atoms with Crippen LogP contribution in [0.4, 0.5) is 0 Å². The number of phenolic OH excluding ortho intramolecular Hbond substituents is 1. The second-order valence-corrected chi connectivity index (χ2v) is 7.69. The Balaban J connectivity index is 1.64. The number of methoxy groups -OCH3 is 1. The van der Waals surface area contributed by atoms with Crippen LogP contribution in [0.5, 0.6) is 17.2 Å². The topological polar surface area (TPSA) is 62.2 Å². The lowest BCUT2D eigenvalue weighted by Crippen LogP contribution is -2.43. The number of nitrogens with zero attached hydrogens (tertiary/aromatic N) is 2. The van der Waals surface area contributed by atoms with Crippen LogP contribution in [0.2, 0.25) is 0 Å². The fourth-order valence-electron chi connectivity index (χ4n) is 3.81. The number of allylic oxidation sites excluding steroid dienone is 1. The first-order valence-electron chi connectivity index (χ1n) is 9.81. The van der Waals surface area contributed by atoms with Gasteiger partial charge in [0.2, 0.25) is 5.78 Å². The average Bonchev–Trinajstić information content (AvgIpc) is 3.03. The summed E-state index contributed by atoms with van der Waals surface area (Å²) < 4.78 is 11.2. The minimum absolute atomic E-state index is 0.145. The molecule has 1 fully saturated rings. The fourth-order valence-corrected chi connectivity index (χ4v) is 3.81. The third-order valence-corrected chi connectivity index (χ3v) is 5.61. The summed E-state index contributed by atoms with van der Waals surface area (Å²) in [4.78, 5) is 17.6. The van der Waals surface area contributed by atoms with Crippen LogP contribution < -0.4 is 9.47 Å². The molecule has 0 spiro atoms. The zero-order valence-electron chi connectivity index (χ0n) is 17.1. The molecule has 1 N–H and O–H groups in total. The van der Waals surface area contributed by atoms with Gasteiger partial charge in [0.1, 0.15) is 17.2 Å². The first-order chi connectivity index (χ1) is 14.0. The van der Waals surface area contributed by atoms with Crippen LogP contribution in [0.25, 0.3) is 6.08 Å². The number of carbonyl (C=O) groups excluding carboxylic acids is 1. The molecule has 0 atom stereocenters. The number of carbonyl (C=O) groups is 1. The standard InChI is InChI=1S/C23H26N2O4/c1-15-12-19(26)18(14-25-10-8-24(2)9-11-25)23-21(15)22(27)20(29-23)13-16-4-6-17(28-3)7-5-16/h4-7,12-13,26H,8-11,14H2,1-3H3/b20-13-. The summed E-state index contributed by atoms with van der Waals surface area (Å²) >= 11 is 0. The van der Waals surface area contributed by atoms with Crippen molar-refractivity contribution in [2.75, 3.05) is 40.3 Å².